The minimum Gasteiger partial charge on any atom is -0.495 e. The van der Waals surface area contributed by atoms with Crippen molar-refractivity contribution in [3.63, 3.8) is 0 Å². The molecule has 1 aromatic heterocycles. The highest BCUT2D eigenvalue weighted by Crippen LogP contribution is 2.41. The van der Waals surface area contributed by atoms with Crippen molar-refractivity contribution in [3.05, 3.63) is 36.4 Å². The largest absolute Gasteiger partial charge is 0.495 e. The maximum atomic E-state index is 13.7. The summed E-state index contributed by atoms with van der Waals surface area (Å²) in [5.74, 6) is 2.31. The summed E-state index contributed by atoms with van der Waals surface area (Å²) in [7, 11) is 7.14. The number of anilines is 1. The Bertz CT molecular complexity index is 1080. The van der Waals surface area contributed by atoms with Crippen LogP contribution in [0.4, 0.5) is 5.13 Å². The van der Waals surface area contributed by atoms with Crippen molar-refractivity contribution < 1.29 is 23.7 Å². The first-order valence-corrected chi connectivity index (χ1v) is 11.1. The fraction of sp³-hybridized carbons (Fsp3) is 0.391. The molecule has 9 heteroatoms. The van der Waals surface area contributed by atoms with Gasteiger partial charge in [0, 0.05) is 13.1 Å². The monoisotopic (exact) mass is 457 g/mol. The van der Waals surface area contributed by atoms with Crippen molar-refractivity contribution in [2.75, 3.05) is 46.3 Å². The number of ether oxygens (including phenoxy) is 4. The maximum absolute atomic E-state index is 13.7. The van der Waals surface area contributed by atoms with Crippen molar-refractivity contribution in [2.24, 2.45) is 0 Å². The van der Waals surface area contributed by atoms with Gasteiger partial charge in [-0.1, -0.05) is 23.5 Å². The Hall–Kier alpha value is -3.04. The Morgan fingerprint density at radius 2 is 1.69 bits per heavy atom. The third kappa shape index (κ3) is 4.18. The highest BCUT2D eigenvalue weighted by Gasteiger charge is 2.38. The molecule has 3 aromatic rings. The molecule has 0 spiro atoms. The summed E-state index contributed by atoms with van der Waals surface area (Å²) in [5.41, 5.74) is 0.661. The van der Waals surface area contributed by atoms with E-state index in [1.54, 1.807) is 25.2 Å². The van der Waals surface area contributed by atoms with Gasteiger partial charge in [0.15, 0.2) is 16.6 Å². The van der Waals surface area contributed by atoms with Gasteiger partial charge in [0.2, 0.25) is 6.10 Å². The first kappa shape index (κ1) is 22.2. The van der Waals surface area contributed by atoms with Crippen molar-refractivity contribution >= 4 is 32.6 Å². The topological polar surface area (TPSA) is 73.4 Å². The van der Waals surface area contributed by atoms with E-state index in [-0.39, 0.29) is 5.91 Å². The smallest absolute Gasteiger partial charge is 0.273 e. The molecule has 0 radical (unpaired) electrons. The van der Waals surface area contributed by atoms with Crippen LogP contribution in [0, 0.1) is 0 Å². The number of likely N-dealkylation sites (N-methyl/N-ethyl adjacent to an activating group) is 1. The molecule has 0 aliphatic carbocycles. The van der Waals surface area contributed by atoms with E-state index >= 15 is 0 Å². The molecule has 2 atom stereocenters. The Balaban J connectivity index is 1.72. The fourth-order valence-electron chi connectivity index (χ4n) is 3.53. The molecule has 0 fully saturated rings. The van der Waals surface area contributed by atoms with Gasteiger partial charge in [-0.15, -0.1) is 0 Å². The minimum absolute atomic E-state index is 0.203. The number of para-hydroxylation sites is 2. The molecule has 0 bridgehead atoms. The number of benzene rings is 2. The van der Waals surface area contributed by atoms with Gasteiger partial charge in [0.05, 0.1) is 14.2 Å². The number of methoxy groups -OCH3 is 2. The second kappa shape index (κ2) is 9.22. The van der Waals surface area contributed by atoms with E-state index in [9.17, 15) is 4.79 Å². The van der Waals surface area contributed by atoms with E-state index in [1.807, 2.05) is 56.3 Å². The molecule has 0 saturated heterocycles. The Morgan fingerprint density at radius 3 is 2.34 bits per heavy atom. The van der Waals surface area contributed by atoms with Crippen LogP contribution in [0.25, 0.3) is 10.2 Å². The van der Waals surface area contributed by atoms with E-state index in [4.69, 9.17) is 23.9 Å². The normalized spacial score (nSPS) is 17.4. The average Bonchev–Trinajstić information content (AvgIpc) is 3.22. The van der Waals surface area contributed by atoms with E-state index in [0.717, 1.165) is 4.70 Å². The second-order valence-corrected chi connectivity index (χ2v) is 8.72. The van der Waals surface area contributed by atoms with Crippen LogP contribution < -0.4 is 23.8 Å². The zero-order valence-electron chi connectivity index (χ0n) is 18.8. The van der Waals surface area contributed by atoms with Gasteiger partial charge in [-0.25, -0.2) is 4.98 Å². The highest BCUT2D eigenvalue weighted by atomic mass is 32.1. The first-order valence-electron chi connectivity index (χ1n) is 10.3. The average molecular weight is 458 g/mol. The lowest BCUT2D eigenvalue weighted by atomic mass is 10.1. The van der Waals surface area contributed by atoms with Gasteiger partial charge >= 0.3 is 0 Å². The Morgan fingerprint density at radius 1 is 1.03 bits per heavy atom. The molecule has 0 saturated carbocycles. The van der Waals surface area contributed by atoms with Gasteiger partial charge in [-0.2, -0.15) is 0 Å². The predicted molar refractivity (Wildman–Crippen MR) is 125 cm³/mol. The van der Waals surface area contributed by atoms with Crippen LogP contribution in [0.5, 0.6) is 23.0 Å². The molecule has 170 valence electrons. The minimum atomic E-state index is -0.789. The van der Waals surface area contributed by atoms with Crippen LogP contribution in [0.1, 0.15) is 6.92 Å². The summed E-state index contributed by atoms with van der Waals surface area (Å²) in [6.45, 7) is 2.95. The molecule has 4 rings (SSSR count). The number of nitrogens with zero attached hydrogens (tertiary/aromatic N) is 3. The van der Waals surface area contributed by atoms with Crippen LogP contribution in [0.2, 0.25) is 0 Å². The summed E-state index contributed by atoms with van der Waals surface area (Å²) in [5, 5.41) is 0.560. The van der Waals surface area contributed by atoms with E-state index in [0.29, 0.717) is 46.7 Å². The van der Waals surface area contributed by atoms with Crippen LogP contribution in [-0.2, 0) is 4.79 Å². The molecule has 0 N–H and O–H groups in total. The third-order valence-corrected chi connectivity index (χ3v) is 6.35. The number of hydrogen-bond donors (Lipinski definition) is 0. The Kier molecular flexibility index (Phi) is 6.38. The molecule has 2 aromatic carbocycles. The van der Waals surface area contributed by atoms with Crippen molar-refractivity contribution in [1.82, 2.24) is 9.88 Å². The number of amides is 1. The summed E-state index contributed by atoms with van der Waals surface area (Å²) >= 11 is 1.39. The lowest BCUT2D eigenvalue weighted by Crippen LogP contribution is -2.52. The van der Waals surface area contributed by atoms with Crippen molar-refractivity contribution in [3.8, 4) is 23.0 Å². The molecule has 1 amide bonds. The molecular formula is C23H27N3O5S. The molecule has 1 aliphatic rings. The maximum Gasteiger partial charge on any atom is 0.273 e. The fourth-order valence-corrected chi connectivity index (χ4v) is 4.64. The van der Waals surface area contributed by atoms with E-state index in [1.165, 1.54) is 11.3 Å². The number of aromatic nitrogens is 1. The highest BCUT2D eigenvalue weighted by molar-refractivity contribution is 7.22. The standard InChI is InChI=1S/C23H27N3O5S/c1-14-20(31-16-9-7-6-8-15(16)30-14)22(27)26(13-12-25(2)3)23-24-19-17(28-4)10-11-18(29-5)21(19)32-23/h6-11,14,20H,12-13H2,1-5H3. The molecule has 2 unspecified atom stereocenters. The number of carbonyl (C=O) groups is 1. The number of hydrogen-bond acceptors (Lipinski definition) is 8. The van der Waals surface area contributed by atoms with E-state index in [2.05, 4.69) is 0 Å². The summed E-state index contributed by atoms with van der Waals surface area (Å²) in [6, 6.07) is 11.0. The van der Waals surface area contributed by atoms with Crippen molar-refractivity contribution in [1.29, 1.82) is 0 Å². The van der Waals surface area contributed by atoms with E-state index < -0.39 is 12.2 Å². The number of thiazole rings is 1. The second-order valence-electron chi connectivity index (χ2n) is 7.75. The third-order valence-electron chi connectivity index (χ3n) is 5.25. The zero-order valence-corrected chi connectivity index (χ0v) is 19.6. The molecule has 8 nitrogen and oxygen atoms in total. The summed E-state index contributed by atoms with van der Waals surface area (Å²) < 4.78 is 23.9. The number of rotatable bonds is 7. The van der Waals surface area contributed by atoms with Gasteiger partial charge in [0.25, 0.3) is 5.91 Å². The summed E-state index contributed by atoms with van der Waals surface area (Å²) in [4.78, 5) is 22.2. The van der Waals surface area contributed by atoms with Crippen LogP contribution in [0.15, 0.2) is 36.4 Å². The van der Waals surface area contributed by atoms with Crippen molar-refractivity contribution in [2.45, 2.75) is 19.1 Å². The Labute approximate surface area is 191 Å². The van der Waals surface area contributed by atoms with Gasteiger partial charge < -0.3 is 23.8 Å². The van der Waals surface area contributed by atoms with Gasteiger partial charge in [0.1, 0.15) is 27.8 Å². The number of carbonyl (C=O) groups excluding carboxylic acids is 1. The summed E-state index contributed by atoms with van der Waals surface area (Å²) in [6.07, 6.45) is -1.24. The molecular weight excluding hydrogens is 430 g/mol. The molecule has 1 aliphatic heterocycles. The van der Waals surface area contributed by atoms with Gasteiger partial charge in [-0.05, 0) is 45.3 Å². The first-order chi connectivity index (χ1) is 15.4. The van der Waals surface area contributed by atoms with Gasteiger partial charge in [-0.3, -0.25) is 9.69 Å². The van der Waals surface area contributed by atoms with Crippen LogP contribution >= 0.6 is 11.3 Å². The molecule has 32 heavy (non-hydrogen) atoms. The molecule has 2 heterocycles. The zero-order chi connectivity index (χ0) is 22.8. The quantitative estimate of drug-likeness (QED) is 0.538. The number of fused-ring (bicyclic) bond motifs is 2. The lowest BCUT2D eigenvalue weighted by Gasteiger charge is -2.34. The van der Waals surface area contributed by atoms with Crippen LogP contribution in [0.3, 0.4) is 0 Å². The lowest BCUT2D eigenvalue weighted by molar-refractivity contribution is -0.130. The van der Waals surface area contributed by atoms with Crippen LogP contribution in [-0.4, -0.2) is 69.4 Å². The predicted octanol–water partition coefficient (Wildman–Crippen LogP) is 3.44. The SMILES string of the molecule is COc1ccc(OC)c2sc(N(CCN(C)C)C(=O)C3Oc4ccccc4OC3C)nc12.